The fourth-order valence-corrected chi connectivity index (χ4v) is 1.91. The summed E-state index contributed by atoms with van der Waals surface area (Å²) >= 11 is 0. The molecule has 0 aliphatic rings. The highest BCUT2D eigenvalue weighted by Gasteiger charge is 1.96. The van der Waals surface area contributed by atoms with E-state index in [0.717, 1.165) is 24.3 Å². The summed E-state index contributed by atoms with van der Waals surface area (Å²) in [6.07, 6.45) is 1.42. The number of benzene rings is 2. The van der Waals surface area contributed by atoms with Crippen molar-refractivity contribution < 1.29 is 4.79 Å². The van der Waals surface area contributed by atoms with Crippen molar-refractivity contribution in [3.05, 3.63) is 53.4 Å². The van der Waals surface area contributed by atoms with E-state index in [0.29, 0.717) is 17.8 Å². The summed E-state index contributed by atoms with van der Waals surface area (Å²) in [6, 6.07) is 14.1. The number of hydrogen-bond acceptors (Lipinski definition) is 6. The van der Waals surface area contributed by atoms with E-state index in [4.69, 9.17) is 0 Å². The Labute approximate surface area is 134 Å². The van der Waals surface area contributed by atoms with Crippen molar-refractivity contribution in [2.24, 2.45) is 15.4 Å². The zero-order valence-electron chi connectivity index (χ0n) is 12.9. The molecule has 0 saturated carbocycles. The second-order valence-electron chi connectivity index (χ2n) is 5.09. The number of azo groups is 1. The van der Waals surface area contributed by atoms with Crippen LogP contribution in [0.1, 0.15) is 19.8 Å². The predicted octanol–water partition coefficient (Wildman–Crippen LogP) is 5.28. The first-order valence-electron chi connectivity index (χ1n) is 7.36. The first-order chi connectivity index (χ1) is 11.2. The fourth-order valence-electron chi connectivity index (χ4n) is 1.91. The molecule has 0 amide bonds. The molecule has 0 radical (unpaired) electrons. The maximum atomic E-state index is 10.9. The SMILES string of the molecule is CC(=O)CCCNc1ccc(N=Nc2ccc(N=O)cc2)cc1. The monoisotopic (exact) mass is 310 g/mol. The van der Waals surface area contributed by atoms with Crippen LogP contribution in [-0.4, -0.2) is 12.3 Å². The van der Waals surface area contributed by atoms with Crippen molar-refractivity contribution in [1.82, 2.24) is 0 Å². The van der Waals surface area contributed by atoms with Crippen molar-refractivity contribution >= 4 is 28.5 Å². The van der Waals surface area contributed by atoms with Crippen molar-refractivity contribution in [3.8, 4) is 0 Å². The highest BCUT2D eigenvalue weighted by atomic mass is 16.3. The summed E-state index contributed by atoms with van der Waals surface area (Å²) in [4.78, 5) is 21.2. The molecule has 0 aliphatic carbocycles. The van der Waals surface area contributed by atoms with Crippen LogP contribution < -0.4 is 5.32 Å². The van der Waals surface area contributed by atoms with E-state index in [1.165, 1.54) is 0 Å². The van der Waals surface area contributed by atoms with Gasteiger partial charge in [-0.1, -0.05) is 0 Å². The molecule has 6 nitrogen and oxygen atoms in total. The lowest BCUT2D eigenvalue weighted by Gasteiger charge is -2.05. The van der Waals surface area contributed by atoms with Gasteiger partial charge in [0.25, 0.3) is 0 Å². The van der Waals surface area contributed by atoms with Crippen LogP contribution in [0.3, 0.4) is 0 Å². The summed E-state index contributed by atoms with van der Waals surface area (Å²) in [5, 5.41) is 14.3. The minimum Gasteiger partial charge on any atom is -0.385 e. The molecule has 2 rings (SSSR count). The van der Waals surface area contributed by atoms with E-state index in [2.05, 4.69) is 20.7 Å². The van der Waals surface area contributed by atoms with Gasteiger partial charge in [-0.3, -0.25) is 0 Å². The van der Waals surface area contributed by atoms with E-state index >= 15 is 0 Å². The maximum Gasteiger partial charge on any atom is 0.129 e. The number of ketones is 1. The van der Waals surface area contributed by atoms with Gasteiger partial charge in [0.15, 0.2) is 0 Å². The topological polar surface area (TPSA) is 83.2 Å². The Hall–Kier alpha value is -2.89. The lowest BCUT2D eigenvalue weighted by atomic mass is 10.2. The van der Waals surface area contributed by atoms with Gasteiger partial charge in [0.1, 0.15) is 11.5 Å². The van der Waals surface area contributed by atoms with Gasteiger partial charge in [0.05, 0.1) is 11.4 Å². The van der Waals surface area contributed by atoms with Gasteiger partial charge in [-0.05, 0) is 67.1 Å². The van der Waals surface area contributed by atoms with Crippen LogP contribution in [0.15, 0.2) is 63.9 Å². The first kappa shape index (κ1) is 16.5. The molecule has 0 spiro atoms. The number of carbonyl (C=O) groups is 1. The summed E-state index contributed by atoms with van der Waals surface area (Å²) < 4.78 is 0. The number of nitrogens with zero attached hydrogens (tertiary/aromatic N) is 3. The van der Waals surface area contributed by atoms with E-state index in [1.807, 2.05) is 24.3 Å². The second-order valence-corrected chi connectivity index (χ2v) is 5.09. The normalized spacial score (nSPS) is 10.7. The molecule has 6 heteroatoms. The molecule has 0 aliphatic heterocycles. The van der Waals surface area contributed by atoms with Crippen LogP contribution in [-0.2, 0) is 4.79 Å². The van der Waals surface area contributed by atoms with Crippen LogP contribution in [0.2, 0.25) is 0 Å². The van der Waals surface area contributed by atoms with Crippen LogP contribution in [0, 0.1) is 4.91 Å². The molecular weight excluding hydrogens is 292 g/mol. The number of Topliss-reactive ketones (excluding diaryl/α,β-unsaturated/α-hetero) is 1. The number of hydrogen-bond donors (Lipinski definition) is 1. The Morgan fingerprint density at radius 3 is 1.96 bits per heavy atom. The zero-order chi connectivity index (χ0) is 16.5. The predicted molar refractivity (Wildman–Crippen MR) is 90.9 cm³/mol. The third-order valence-electron chi connectivity index (χ3n) is 3.14. The van der Waals surface area contributed by atoms with Gasteiger partial charge in [-0.15, -0.1) is 4.91 Å². The van der Waals surface area contributed by atoms with E-state index in [-0.39, 0.29) is 5.78 Å². The Morgan fingerprint density at radius 2 is 1.43 bits per heavy atom. The molecule has 0 atom stereocenters. The summed E-state index contributed by atoms with van der Waals surface area (Å²) in [5.41, 5.74) is 2.73. The third kappa shape index (κ3) is 5.78. The second kappa shape index (κ2) is 8.53. The summed E-state index contributed by atoms with van der Waals surface area (Å²) in [6.45, 7) is 2.36. The van der Waals surface area contributed by atoms with Gasteiger partial charge in [-0.25, -0.2) is 0 Å². The number of carbonyl (C=O) groups excluding carboxylic acids is 1. The summed E-state index contributed by atoms with van der Waals surface area (Å²) in [5.74, 6) is 0.208. The van der Waals surface area contributed by atoms with E-state index < -0.39 is 0 Å². The Balaban J connectivity index is 1.87. The average molecular weight is 310 g/mol. The summed E-state index contributed by atoms with van der Waals surface area (Å²) in [7, 11) is 0. The van der Waals surface area contributed by atoms with Crippen LogP contribution in [0.5, 0.6) is 0 Å². The number of nitroso groups, excluding NO2 is 1. The van der Waals surface area contributed by atoms with Crippen LogP contribution in [0.25, 0.3) is 0 Å². The van der Waals surface area contributed by atoms with E-state index in [1.54, 1.807) is 31.2 Å². The average Bonchev–Trinajstić information content (AvgIpc) is 2.58. The molecule has 0 unspecified atom stereocenters. The van der Waals surface area contributed by atoms with Gasteiger partial charge >= 0.3 is 0 Å². The van der Waals surface area contributed by atoms with Gasteiger partial charge < -0.3 is 10.1 Å². The van der Waals surface area contributed by atoms with Crippen molar-refractivity contribution in [3.63, 3.8) is 0 Å². The number of rotatable bonds is 8. The van der Waals surface area contributed by atoms with Gasteiger partial charge in [0, 0.05) is 18.7 Å². The molecule has 0 heterocycles. The highest BCUT2D eigenvalue weighted by Crippen LogP contribution is 2.22. The molecule has 118 valence electrons. The molecule has 23 heavy (non-hydrogen) atoms. The maximum absolute atomic E-state index is 10.9. The van der Waals surface area contributed by atoms with Crippen molar-refractivity contribution in [2.75, 3.05) is 11.9 Å². The third-order valence-corrected chi connectivity index (χ3v) is 3.14. The Kier molecular flexibility index (Phi) is 6.11. The zero-order valence-corrected chi connectivity index (χ0v) is 12.9. The van der Waals surface area contributed by atoms with E-state index in [9.17, 15) is 9.70 Å². The molecule has 0 bridgehead atoms. The minimum absolute atomic E-state index is 0.208. The molecule has 0 aromatic heterocycles. The fraction of sp³-hybridized carbons (Fsp3) is 0.235. The lowest BCUT2D eigenvalue weighted by molar-refractivity contribution is -0.117. The quantitative estimate of drug-likeness (QED) is 0.409. The number of nitrogens with one attached hydrogen (secondary N) is 1. The van der Waals surface area contributed by atoms with Crippen molar-refractivity contribution in [1.29, 1.82) is 0 Å². The molecule has 0 saturated heterocycles. The largest absolute Gasteiger partial charge is 0.385 e. The van der Waals surface area contributed by atoms with Crippen LogP contribution in [0.4, 0.5) is 22.7 Å². The molecule has 2 aromatic carbocycles. The first-order valence-corrected chi connectivity index (χ1v) is 7.36. The van der Waals surface area contributed by atoms with Gasteiger partial charge in [-0.2, -0.15) is 10.2 Å². The van der Waals surface area contributed by atoms with Crippen LogP contribution >= 0.6 is 0 Å². The lowest BCUT2D eigenvalue weighted by Crippen LogP contribution is -2.03. The highest BCUT2D eigenvalue weighted by molar-refractivity contribution is 5.75. The minimum atomic E-state index is 0.208. The number of anilines is 1. The molecule has 2 aromatic rings. The standard InChI is InChI=1S/C17H18N4O2/c1-13(22)3-2-12-18-14-4-6-15(7-5-14)19-20-16-8-10-17(21-23)11-9-16/h4-11,18H,2-3,12H2,1H3. The smallest absolute Gasteiger partial charge is 0.129 e. The Bertz CT molecular complexity index is 679. The molecule has 0 fully saturated rings. The van der Waals surface area contributed by atoms with Crippen molar-refractivity contribution in [2.45, 2.75) is 19.8 Å². The molecular formula is C17H18N4O2. The Morgan fingerprint density at radius 1 is 0.913 bits per heavy atom. The van der Waals surface area contributed by atoms with Gasteiger partial charge in [0.2, 0.25) is 0 Å². The molecule has 1 N–H and O–H groups in total.